The summed E-state index contributed by atoms with van der Waals surface area (Å²) in [6.07, 6.45) is 1.44. The smallest absolute Gasteiger partial charge is 0.315 e. The molecule has 0 bridgehead atoms. The van der Waals surface area contributed by atoms with Crippen LogP contribution in [0.25, 0.3) is 0 Å². The van der Waals surface area contributed by atoms with E-state index in [0.29, 0.717) is 18.0 Å². The summed E-state index contributed by atoms with van der Waals surface area (Å²) in [5.41, 5.74) is 1.47. The molecule has 0 spiro atoms. The van der Waals surface area contributed by atoms with Gasteiger partial charge in [-0.2, -0.15) is 0 Å². The molecule has 7 heteroatoms. The lowest BCUT2D eigenvalue weighted by atomic mass is 10.2. The van der Waals surface area contributed by atoms with Gasteiger partial charge in [-0.05, 0) is 55.8 Å². The Morgan fingerprint density at radius 3 is 2.67 bits per heavy atom. The van der Waals surface area contributed by atoms with Crippen LogP contribution < -0.4 is 16.0 Å². The van der Waals surface area contributed by atoms with E-state index in [1.54, 1.807) is 30.3 Å². The summed E-state index contributed by atoms with van der Waals surface area (Å²) < 4.78 is 10.6. The second-order valence-electron chi connectivity index (χ2n) is 6.13. The third kappa shape index (κ3) is 5.01. The molecule has 0 saturated carbocycles. The van der Waals surface area contributed by atoms with Gasteiger partial charge in [0.15, 0.2) is 5.76 Å². The second kappa shape index (κ2) is 8.27. The molecule has 1 unspecified atom stereocenters. The van der Waals surface area contributed by atoms with E-state index in [2.05, 4.69) is 16.0 Å². The van der Waals surface area contributed by atoms with Crippen LogP contribution in [-0.2, 0) is 6.54 Å². The number of benzene rings is 1. The number of nitrogens with one attached hydrogen (secondary N) is 3. The van der Waals surface area contributed by atoms with Crippen LogP contribution in [-0.4, -0.2) is 11.9 Å². The van der Waals surface area contributed by atoms with Crippen molar-refractivity contribution in [2.24, 2.45) is 0 Å². The molecule has 1 atom stereocenters. The maximum Gasteiger partial charge on any atom is 0.315 e. The van der Waals surface area contributed by atoms with E-state index in [0.717, 1.165) is 11.3 Å². The predicted molar refractivity (Wildman–Crippen MR) is 100 cm³/mol. The summed E-state index contributed by atoms with van der Waals surface area (Å²) in [6, 6.07) is 13.6. The van der Waals surface area contributed by atoms with Gasteiger partial charge in [0.2, 0.25) is 0 Å². The number of urea groups is 1. The zero-order chi connectivity index (χ0) is 19.2. The minimum atomic E-state index is -0.328. The van der Waals surface area contributed by atoms with Crippen LogP contribution in [0.2, 0.25) is 0 Å². The fourth-order valence-electron chi connectivity index (χ4n) is 2.55. The molecule has 0 fully saturated rings. The van der Waals surface area contributed by atoms with Crippen LogP contribution >= 0.6 is 0 Å². The summed E-state index contributed by atoms with van der Waals surface area (Å²) in [5, 5.41) is 8.37. The van der Waals surface area contributed by atoms with Gasteiger partial charge in [0.05, 0.1) is 12.3 Å². The number of hydrogen-bond donors (Lipinski definition) is 3. The van der Waals surface area contributed by atoms with E-state index < -0.39 is 0 Å². The fourth-order valence-corrected chi connectivity index (χ4v) is 2.55. The molecule has 2 heterocycles. The van der Waals surface area contributed by atoms with E-state index in [1.807, 2.05) is 32.0 Å². The Labute approximate surface area is 156 Å². The summed E-state index contributed by atoms with van der Waals surface area (Å²) in [5.74, 6) is 1.41. The average molecular weight is 367 g/mol. The van der Waals surface area contributed by atoms with E-state index in [4.69, 9.17) is 8.83 Å². The lowest BCUT2D eigenvalue weighted by Crippen LogP contribution is -2.36. The highest BCUT2D eigenvalue weighted by atomic mass is 16.3. The van der Waals surface area contributed by atoms with Gasteiger partial charge >= 0.3 is 6.03 Å². The summed E-state index contributed by atoms with van der Waals surface area (Å²) in [6.45, 7) is 4.02. The molecular weight excluding hydrogens is 346 g/mol. The van der Waals surface area contributed by atoms with Crippen molar-refractivity contribution < 1.29 is 18.4 Å². The first-order valence-corrected chi connectivity index (χ1v) is 8.56. The van der Waals surface area contributed by atoms with Gasteiger partial charge < -0.3 is 24.8 Å². The molecule has 2 aromatic heterocycles. The molecule has 7 nitrogen and oxygen atoms in total. The van der Waals surface area contributed by atoms with Crippen molar-refractivity contribution in [2.75, 3.05) is 5.32 Å². The predicted octanol–water partition coefficient (Wildman–Crippen LogP) is 3.99. The Hall–Kier alpha value is -3.48. The maximum absolute atomic E-state index is 12.1. The number of carbonyl (C=O) groups is 2. The largest absolute Gasteiger partial charge is 0.464 e. The Balaban J connectivity index is 1.52. The Bertz CT molecular complexity index is 915. The van der Waals surface area contributed by atoms with Gasteiger partial charge in [-0.3, -0.25) is 4.79 Å². The van der Waals surface area contributed by atoms with Crippen LogP contribution in [0.15, 0.2) is 63.6 Å². The zero-order valence-electron chi connectivity index (χ0n) is 15.1. The van der Waals surface area contributed by atoms with Crippen LogP contribution in [0.1, 0.15) is 40.6 Å². The topological polar surface area (TPSA) is 96.5 Å². The average Bonchev–Trinajstić information content (AvgIpc) is 3.32. The number of anilines is 1. The third-order valence-electron chi connectivity index (χ3n) is 3.92. The molecule has 0 aliphatic heterocycles. The van der Waals surface area contributed by atoms with Gasteiger partial charge in [-0.1, -0.05) is 12.1 Å². The quantitative estimate of drug-likeness (QED) is 0.614. The first kappa shape index (κ1) is 18.3. The number of aryl methyl sites for hydroxylation is 1. The molecule has 3 N–H and O–H groups in total. The van der Waals surface area contributed by atoms with Crippen molar-refractivity contribution in [2.45, 2.75) is 26.4 Å². The van der Waals surface area contributed by atoms with Gasteiger partial charge in [0, 0.05) is 12.2 Å². The molecule has 0 saturated heterocycles. The molecule has 3 rings (SSSR count). The Kier molecular flexibility index (Phi) is 5.61. The second-order valence-corrected chi connectivity index (χ2v) is 6.13. The van der Waals surface area contributed by atoms with Crippen molar-refractivity contribution in [3.63, 3.8) is 0 Å². The van der Waals surface area contributed by atoms with Gasteiger partial charge in [0.25, 0.3) is 5.91 Å². The molecule has 3 aromatic rings. The molecule has 3 amide bonds. The molecule has 0 radical (unpaired) electrons. The summed E-state index contributed by atoms with van der Waals surface area (Å²) >= 11 is 0. The minimum absolute atomic E-state index is 0.236. The molecule has 0 aliphatic rings. The lowest BCUT2D eigenvalue weighted by Gasteiger charge is -2.13. The van der Waals surface area contributed by atoms with Gasteiger partial charge in [0.1, 0.15) is 11.5 Å². The van der Waals surface area contributed by atoms with Crippen LogP contribution in [0.3, 0.4) is 0 Å². The SMILES string of the molecule is Cc1ccc(C(C)NC(=O)NCc2cccc(NC(=O)c3ccco3)c2)o1. The highest BCUT2D eigenvalue weighted by molar-refractivity contribution is 6.02. The highest BCUT2D eigenvalue weighted by Gasteiger charge is 2.13. The van der Waals surface area contributed by atoms with E-state index >= 15 is 0 Å². The summed E-state index contributed by atoms with van der Waals surface area (Å²) in [4.78, 5) is 24.1. The first-order valence-electron chi connectivity index (χ1n) is 8.56. The molecule has 140 valence electrons. The number of amides is 3. The van der Waals surface area contributed by atoms with Gasteiger partial charge in [-0.15, -0.1) is 0 Å². The number of rotatable bonds is 6. The van der Waals surface area contributed by atoms with Crippen molar-refractivity contribution in [1.82, 2.24) is 10.6 Å². The molecule has 1 aromatic carbocycles. The Morgan fingerprint density at radius 1 is 1.11 bits per heavy atom. The van der Waals surface area contributed by atoms with Crippen molar-refractivity contribution in [3.8, 4) is 0 Å². The standard InChI is InChI=1S/C20H21N3O4/c1-13-8-9-17(27-13)14(2)22-20(25)21-12-15-5-3-6-16(11-15)23-19(24)18-7-4-10-26-18/h3-11,14H,12H2,1-2H3,(H,23,24)(H2,21,22,25). The number of furan rings is 2. The van der Waals surface area contributed by atoms with E-state index in [9.17, 15) is 9.59 Å². The zero-order valence-corrected chi connectivity index (χ0v) is 15.1. The van der Waals surface area contributed by atoms with Crippen molar-refractivity contribution >= 4 is 17.6 Å². The monoisotopic (exact) mass is 367 g/mol. The highest BCUT2D eigenvalue weighted by Crippen LogP contribution is 2.15. The van der Waals surface area contributed by atoms with Crippen molar-refractivity contribution in [1.29, 1.82) is 0 Å². The van der Waals surface area contributed by atoms with E-state index in [-0.39, 0.29) is 23.7 Å². The fraction of sp³-hybridized carbons (Fsp3) is 0.200. The number of hydrogen-bond acceptors (Lipinski definition) is 4. The van der Waals surface area contributed by atoms with Crippen LogP contribution in [0.5, 0.6) is 0 Å². The van der Waals surface area contributed by atoms with E-state index in [1.165, 1.54) is 6.26 Å². The minimum Gasteiger partial charge on any atom is -0.464 e. The molecular formula is C20H21N3O4. The van der Waals surface area contributed by atoms with Gasteiger partial charge in [-0.25, -0.2) is 4.79 Å². The Morgan fingerprint density at radius 2 is 1.96 bits per heavy atom. The third-order valence-corrected chi connectivity index (χ3v) is 3.92. The van der Waals surface area contributed by atoms with Crippen LogP contribution in [0.4, 0.5) is 10.5 Å². The molecule has 27 heavy (non-hydrogen) atoms. The number of carbonyl (C=O) groups excluding carboxylic acids is 2. The van der Waals surface area contributed by atoms with Crippen LogP contribution in [0, 0.1) is 6.92 Å². The molecule has 0 aliphatic carbocycles. The first-order chi connectivity index (χ1) is 13.0. The maximum atomic E-state index is 12.1. The lowest BCUT2D eigenvalue weighted by molar-refractivity contribution is 0.0996. The summed E-state index contributed by atoms with van der Waals surface area (Å²) in [7, 11) is 0. The normalized spacial score (nSPS) is 11.6. The van der Waals surface area contributed by atoms with Crippen molar-refractivity contribution in [3.05, 3.63) is 77.6 Å².